The number of ether oxygens (including phenoxy) is 1. The van der Waals surface area contributed by atoms with Crippen LogP contribution in [-0.2, 0) is 0 Å². The molecule has 0 amide bonds. The third-order valence-electron chi connectivity index (χ3n) is 3.15. The zero-order chi connectivity index (χ0) is 16.8. The lowest BCUT2D eigenvalue weighted by atomic mass is 10.2. The summed E-state index contributed by atoms with van der Waals surface area (Å²) in [6, 6.07) is 15.7. The van der Waals surface area contributed by atoms with E-state index < -0.39 is 6.23 Å². The largest absolute Gasteiger partial charge is 0.475 e. The lowest BCUT2D eigenvalue weighted by molar-refractivity contribution is 0.0414. The zero-order valence-electron chi connectivity index (χ0n) is 13.9. The van der Waals surface area contributed by atoms with Crippen LogP contribution in [0.15, 0.2) is 58.3 Å². The van der Waals surface area contributed by atoms with Crippen molar-refractivity contribution in [1.29, 1.82) is 0 Å². The molecule has 0 heterocycles. The van der Waals surface area contributed by atoms with E-state index in [1.54, 1.807) is 18.7 Å². The number of rotatable bonds is 7. The zero-order valence-corrected chi connectivity index (χ0v) is 16.3. The second kappa shape index (κ2) is 10.2. The molecule has 3 nitrogen and oxygen atoms in total. The van der Waals surface area contributed by atoms with Crippen LogP contribution in [0.5, 0.6) is 5.75 Å². The summed E-state index contributed by atoms with van der Waals surface area (Å²) in [5.74, 6) is 1.02. The summed E-state index contributed by atoms with van der Waals surface area (Å²) in [6.07, 6.45) is -0.841. The van der Waals surface area contributed by atoms with E-state index in [9.17, 15) is 5.11 Å². The molecule has 0 aliphatic carbocycles. The van der Waals surface area contributed by atoms with E-state index in [4.69, 9.17) is 16.3 Å². The molecule has 2 unspecified atom stereocenters. The predicted octanol–water partition coefficient (Wildman–Crippen LogP) is 5.20. The number of benzene rings is 2. The minimum absolute atomic E-state index is 0. The lowest BCUT2D eigenvalue weighted by Gasteiger charge is -2.25. The Morgan fingerprint density at radius 1 is 0.958 bits per heavy atom. The molecule has 0 aliphatic heterocycles. The third-order valence-corrected chi connectivity index (χ3v) is 4.41. The average molecular weight is 388 g/mol. The van der Waals surface area contributed by atoms with E-state index in [1.807, 2.05) is 62.4 Å². The first-order valence-corrected chi connectivity index (χ1v) is 8.78. The van der Waals surface area contributed by atoms with Gasteiger partial charge in [-0.1, -0.05) is 37.2 Å². The summed E-state index contributed by atoms with van der Waals surface area (Å²) in [7, 11) is 0. The van der Waals surface area contributed by atoms with Gasteiger partial charge in [-0.2, -0.15) is 0 Å². The molecule has 2 N–H and O–H groups in total. The molecule has 132 valence electrons. The molecule has 0 fully saturated rings. The van der Waals surface area contributed by atoms with Gasteiger partial charge >= 0.3 is 0 Å². The monoisotopic (exact) mass is 387 g/mol. The number of aliphatic hydroxyl groups is 1. The smallest absolute Gasteiger partial charge is 0.154 e. The molecule has 2 rings (SSSR count). The van der Waals surface area contributed by atoms with Gasteiger partial charge in [0.1, 0.15) is 12.0 Å². The third kappa shape index (κ3) is 6.91. The number of aliphatic hydroxyl groups excluding tert-OH is 1. The fourth-order valence-corrected chi connectivity index (χ4v) is 2.91. The molecule has 0 aromatic heterocycles. The van der Waals surface area contributed by atoms with E-state index in [1.165, 1.54) is 0 Å². The molecule has 2 aromatic carbocycles. The van der Waals surface area contributed by atoms with Crippen LogP contribution in [0, 0.1) is 5.92 Å². The fraction of sp³-hybridized carbons (Fsp3) is 0.333. The number of hydrogen-bond acceptors (Lipinski definition) is 4. The van der Waals surface area contributed by atoms with Crippen molar-refractivity contribution in [1.82, 2.24) is 5.32 Å². The maximum atomic E-state index is 9.47. The molecule has 24 heavy (non-hydrogen) atoms. The van der Waals surface area contributed by atoms with Gasteiger partial charge in [-0.3, -0.25) is 5.32 Å². The van der Waals surface area contributed by atoms with Gasteiger partial charge < -0.3 is 9.84 Å². The van der Waals surface area contributed by atoms with E-state index in [-0.39, 0.29) is 24.6 Å². The highest BCUT2D eigenvalue weighted by atomic mass is 35.5. The Morgan fingerprint density at radius 2 is 1.46 bits per heavy atom. The van der Waals surface area contributed by atoms with Crippen LogP contribution in [0.25, 0.3) is 0 Å². The van der Waals surface area contributed by atoms with Gasteiger partial charge in [0, 0.05) is 20.7 Å². The van der Waals surface area contributed by atoms with Crippen molar-refractivity contribution in [2.24, 2.45) is 5.92 Å². The molecule has 0 aliphatic rings. The maximum Gasteiger partial charge on any atom is 0.154 e. The van der Waals surface area contributed by atoms with Crippen LogP contribution >= 0.6 is 35.8 Å². The van der Waals surface area contributed by atoms with Gasteiger partial charge in [-0.05, 0) is 55.5 Å². The molecular formula is C18H23Cl2NO2S. The van der Waals surface area contributed by atoms with Crippen LogP contribution in [0.4, 0.5) is 0 Å². The summed E-state index contributed by atoms with van der Waals surface area (Å²) in [5.41, 5.74) is 0. The highest BCUT2D eigenvalue weighted by molar-refractivity contribution is 7.99. The predicted molar refractivity (Wildman–Crippen MR) is 103 cm³/mol. The summed E-state index contributed by atoms with van der Waals surface area (Å²) < 4.78 is 5.91. The Kier molecular flexibility index (Phi) is 8.95. The minimum Gasteiger partial charge on any atom is -0.475 e. The van der Waals surface area contributed by atoms with Gasteiger partial charge in [0.2, 0.25) is 0 Å². The first-order valence-electron chi connectivity index (χ1n) is 7.58. The summed E-state index contributed by atoms with van der Waals surface area (Å²) in [6.45, 7) is 5.78. The molecule has 0 spiro atoms. The number of halogens is 2. The Hall–Kier alpha value is -0.910. The van der Waals surface area contributed by atoms with Gasteiger partial charge in [0.25, 0.3) is 0 Å². The van der Waals surface area contributed by atoms with Crippen molar-refractivity contribution in [3.05, 3.63) is 53.6 Å². The van der Waals surface area contributed by atoms with Gasteiger partial charge in [0.05, 0.1) is 0 Å². The van der Waals surface area contributed by atoms with Crippen molar-refractivity contribution in [3.63, 3.8) is 0 Å². The molecule has 6 heteroatoms. The molecule has 0 saturated heterocycles. The fourth-order valence-electron chi connectivity index (χ4n) is 1.97. The average Bonchev–Trinajstić information content (AvgIpc) is 2.50. The van der Waals surface area contributed by atoms with Crippen LogP contribution in [0.3, 0.4) is 0 Å². The number of hydrogen-bond donors (Lipinski definition) is 2. The van der Waals surface area contributed by atoms with Gasteiger partial charge in [0.15, 0.2) is 6.23 Å². The highest BCUT2D eigenvalue weighted by Gasteiger charge is 2.16. The maximum absolute atomic E-state index is 9.47. The second-order valence-electron chi connectivity index (χ2n) is 5.65. The van der Waals surface area contributed by atoms with Gasteiger partial charge in [-0.15, -0.1) is 12.4 Å². The van der Waals surface area contributed by atoms with Crippen molar-refractivity contribution >= 4 is 35.8 Å². The molecule has 0 radical (unpaired) electrons. The molecule has 2 atom stereocenters. The summed E-state index contributed by atoms with van der Waals surface area (Å²) in [5, 5.41) is 13.2. The highest BCUT2D eigenvalue weighted by Crippen LogP contribution is 2.30. The Bertz CT molecular complexity index is 603. The van der Waals surface area contributed by atoms with Crippen molar-refractivity contribution in [3.8, 4) is 5.75 Å². The van der Waals surface area contributed by atoms with Crippen LogP contribution in [-0.4, -0.2) is 17.6 Å². The second-order valence-corrected chi connectivity index (χ2v) is 7.24. The van der Waals surface area contributed by atoms with Gasteiger partial charge in [-0.25, -0.2) is 0 Å². The first-order chi connectivity index (χ1) is 10.9. The Labute approximate surface area is 159 Å². The quantitative estimate of drug-likeness (QED) is 0.640. The standard InChI is InChI=1S/C18H22ClNO2S.ClH/c1-12(2)18(20-13(3)21)22-15-6-10-17(11-7-15)23-16-8-4-14(19)5-9-16;/h4-13,18,20-21H,1-3H3;1H. The molecule has 0 bridgehead atoms. The van der Waals surface area contributed by atoms with E-state index in [0.29, 0.717) is 0 Å². The topological polar surface area (TPSA) is 41.5 Å². The Morgan fingerprint density at radius 3 is 1.92 bits per heavy atom. The minimum atomic E-state index is -0.609. The Balaban J connectivity index is 0.00000288. The number of nitrogens with one attached hydrogen (secondary N) is 1. The first kappa shape index (κ1) is 21.1. The normalized spacial score (nSPS) is 13.2. The SMILES string of the molecule is CC(O)NC(Oc1ccc(Sc2ccc(Cl)cc2)cc1)C(C)C.Cl. The van der Waals surface area contributed by atoms with Crippen molar-refractivity contribution < 1.29 is 9.84 Å². The molecule has 2 aromatic rings. The van der Waals surface area contributed by atoms with Crippen LogP contribution < -0.4 is 10.1 Å². The van der Waals surface area contributed by atoms with Crippen LogP contribution in [0.1, 0.15) is 20.8 Å². The van der Waals surface area contributed by atoms with E-state index >= 15 is 0 Å². The van der Waals surface area contributed by atoms with Crippen LogP contribution in [0.2, 0.25) is 5.02 Å². The van der Waals surface area contributed by atoms with E-state index in [0.717, 1.165) is 20.6 Å². The van der Waals surface area contributed by atoms with Crippen molar-refractivity contribution in [2.45, 2.75) is 43.0 Å². The summed E-state index contributed by atoms with van der Waals surface area (Å²) in [4.78, 5) is 2.27. The lowest BCUT2D eigenvalue weighted by Crippen LogP contribution is -2.43. The van der Waals surface area contributed by atoms with E-state index in [2.05, 4.69) is 5.32 Å². The van der Waals surface area contributed by atoms with Crippen molar-refractivity contribution in [2.75, 3.05) is 0 Å². The molecular weight excluding hydrogens is 365 g/mol. The summed E-state index contributed by atoms with van der Waals surface area (Å²) >= 11 is 7.57. The molecule has 0 saturated carbocycles.